The summed E-state index contributed by atoms with van der Waals surface area (Å²) >= 11 is 7.46. The molecule has 4 N–H and O–H groups in total. The van der Waals surface area contributed by atoms with Crippen molar-refractivity contribution in [1.29, 1.82) is 0 Å². The number of nitrogens with zero attached hydrogens (tertiary/aromatic N) is 4. The molecule has 6 nitrogen and oxygen atoms in total. The summed E-state index contributed by atoms with van der Waals surface area (Å²) in [5.41, 5.74) is 13.1. The van der Waals surface area contributed by atoms with E-state index in [2.05, 4.69) is 15.2 Å². The number of hydrogen-bond donors (Lipinski definition) is 2. The molecule has 0 aliphatic rings. The van der Waals surface area contributed by atoms with Crippen molar-refractivity contribution in [2.24, 2.45) is 21.7 Å². The first-order valence-corrected chi connectivity index (χ1v) is 7.24. The molecule has 0 saturated carbocycles. The van der Waals surface area contributed by atoms with Crippen LogP contribution in [0.3, 0.4) is 0 Å². The van der Waals surface area contributed by atoms with Crippen LogP contribution in [0.15, 0.2) is 46.0 Å². The van der Waals surface area contributed by atoms with Crippen molar-refractivity contribution >= 4 is 40.1 Å². The maximum absolute atomic E-state index is 5.92. The molecule has 2 aromatic heterocycles. The molecule has 0 spiro atoms. The van der Waals surface area contributed by atoms with Gasteiger partial charge in [-0.3, -0.25) is 4.40 Å². The molecule has 106 valence electrons. The highest BCUT2D eigenvalue weighted by atomic mass is 35.5. The maximum Gasteiger partial charge on any atom is 0.211 e. The number of fused-ring (bicyclic) bond motifs is 1. The molecule has 2 heterocycles. The van der Waals surface area contributed by atoms with Crippen LogP contribution in [-0.4, -0.2) is 21.6 Å². The summed E-state index contributed by atoms with van der Waals surface area (Å²) in [6.45, 7) is 0. The van der Waals surface area contributed by atoms with E-state index >= 15 is 0 Å². The summed E-state index contributed by atoms with van der Waals surface area (Å²) in [4.78, 5) is 5.47. The van der Waals surface area contributed by atoms with Gasteiger partial charge in [0.1, 0.15) is 0 Å². The van der Waals surface area contributed by atoms with Gasteiger partial charge in [-0.05, 0) is 12.1 Å². The van der Waals surface area contributed by atoms with Crippen molar-refractivity contribution in [3.05, 3.63) is 46.6 Å². The molecule has 0 radical (unpaired) electrons. The lowest BCUT2D eigenvalue weighted by molar-refractivity contribution is 1.18. The molecule has 0 saturated heterocycles. The third-order valence-electron chi connectivity index (χ3n) is 2.77. The van der Waals surface area contributed by atoms with Crippen LogP contribution in [0.25, 0.3) is 16.2 Å². The monoisotopic (exact) mass is 318 g/mol. The largest absolute Gasteiger partial charge is 0.369 e. The van der Waals surface area contributed by atoms with Gasteiger partial charge in [0.05, 0.1) is 17.6 Å². The number of thiazole rings is 1. The van der Waals surface area contributed by atoms with Gasteiger partial charge in [-0.15, -0.1) is 16.4 Å². The number of guanidine groups is 1. The summed E-state index contributed by atoms with van der Waals surface area (Å²) in [6.07, 6.45) is 3.50. The summed E-state index contributed by atoms with van der Waals surface area (Å²) < 4.78 is 1.93. The third kappa shape index (κ3) is 2.74. The van der Waals surface area contributed by atoms with Crippen LogP contribution < -0.4 is 11.5 Å². The lowest BCUT2D eigenvalue weighted by atomic mass is 10.1. The highest BCUT2D eigenvalue weighted by Crippen LogP contribution is 2.26. The zero-order chi connectivity index (χ0) is 14.8. The molecular formula is C13H11ClN6S. The van der Waals surface area contributed by atoms with Crippen molar-refractivity contribution in [2.45, 2.75) is 0 Å². The molecule has 0 amide bonds. The van der Waals surface area contributed by atoms with Crippen molar-refractivity contribution in [2.75, 3.05) is 0 Å². The van der Waals surface area contributed by atoms with Gasteiger partial charge < -0.3 is 11.5 Å². The molecule has 0 atom stereocenters. The van der Waals surface area contributed by atoms with Gasteiger partial charge in [-0.25, -0.2) is 4.98 Å². The van der Waals surface area contributed by atoms with E-state index in [1.165, 1.54) is 11.3 Å². The average Bonchev–Trinajstić information content (AvgIpc) is 3.01. The smallest absolute Gasteiger partial charge is 0.211 e. The van der Waals surface area contributed by atoms with Crippen molar-refractivity contribution in [3.63, 3.8) is 0 Å². The molecule has 1 aromatic carbocycles. The molecule has 0 aliphatic carbocycles. The number of hydrogen-bond acceptors (Lipinski definition) is 4. The lowest BCUT2D eigenvalue weighted by Crippen LogP contribution is -2.21. The first-order chi connectivity index (χ1) is 10.1. The van der Waals surface area contributed by atoms with Crippen molar-refractivity contribution in [3.8, 4) is 11.3 Å². The Bertz CT molecular complexity index is 826. The van der Waals surface area contributed by atoms with Gasteiger partial charge in [0.2, 0.25) is 5.96 Å². The number of imidazole rings is 1. The summed E-state index contributed by atoms with van der Waals surface area (Å²) in [6, 6.07) is 7.46. The summed E-state index contributed by atoms with van der Waals surface area (Å²) in [5.74, 6) is -0.0922. The average molecular weight is 319 g/mol. The van der Waals surface area contributed by atoms with E-state index in [0.717, 1.165) is 21.9 Å². The predicted octanol–water partition coefficient (Wildman–Crippen LogP) is 2.32. The van der Waals surface area contributed by atoms with Gasteiger partial charge >= 0.3 is 0 Å². The zero-order valence-corrected chi connectivity index (χ0v) is 12.3. The Morgan fingerprint density at radius 1 is 1.29 bits per heavy atom. The highest BCUT2D eigenvalue weighted by molar-refractivity contribution is 7.15. The first-order valence-electron chi connectivity index (χ1n) is 5.98. The van der Waals surface area contributed by atoms with Gasteiger partial charge in [0.15, 0.2) is 4.96 Å². The topological polar surface area (TPSA) is 94.1 Å². The van der Waals surface area contributed by atoms with Crippen molar-refractivity contribution in [1.82, 2.24) is 9.38 Å². The lowest BCUT2D eigenvalue weighted by Gasteiger charge is -1.99. The SMILES string of the molecule is NC(N)=N/N=C\c1c(-c2ccc(Cl)cc2)nc2sccn12. The Hall–Kier alpha value is -2.38. The minimum absolute atomic E-state index is 0.0922. The van der Waals surface area contributed by atoms with E-state index in [9.17, 15) is 0 Å². The van der Waals surface area contributed by atoms with E-state index < -0.39 is 0 Å². The standard InChI is InChI=1S/C13H11ClN6S/c14-9-3-1-8(2-4-9)11-10(7-17-19-12(15)16)20-5-6-21-13(20)18-11/h1-7H,(H4,15,16,19)/b17-7-. The molecule has 0 unspecified atom stereocenters. The molecule has 8 heteroatoms. The van der Waals surface area contributed by atoms with Gasteiger partial charge in [-0.1, -0.05) is 23.7 Å². The van der Waals surface area contributed by atoms with Crippen LogP contribution in [0.5, 0.6) is 0 Å². The number of nitrogens with two attached hydrogens (primary N) is 2. The normalized spacial score (nSPS) is 11.3. The van der Waals surface area contributed by atoms with Crippen LogP contribution in [0.4, 0.5) is 0 Å². The van der Waals surface area contributed by atoms with Crippen molar-refractivity contribution < 1.29 is 0 Å². The number of rotatable bonds is 3. The molecule has 0 aliphatic heterocycles. The summed E-state index contributed by atoms with van der Waals surface area (Å²) in [7, 11) is 0. The second-order valence-electron chi connectivity index (χ2n) is 4.18. The highest BCUT2D eigenvalue weighted by Gasteiger charge is 2.13. The van der Waals surface area contributed by atoms with E-state index in [4.69, 9.17) is 23.1 Å². The van der Waals surface area contributed by atoms with Crippen LogP contribution in [-0.2, 0) is 0 Å². The van der Waals surface area contributed by atoms with E-state index in [0.29, 0.717) is 5.02 Å². The number of aromatic nitrogens is 2. The third-order valence-corrected chi connectivity index (χ3v) is 3.78. The molecule has 3 aromatic rings. The fourth-order valence-corrected chi connectivity index (χ4v) is 2.74. The van der Waals surface area contributed by atoms with Gasteiger partial charge in [0, 0.05) is 22.2 Å². The fraction of sp³-hybridized carbons (Fsp3) is 0. The summed E-state index contributed by atoms with van der Waals surface area (Å²) in [5, 5.41) is 10.1. The molecule has 0 fully saturated rings. The Labute approximate surface area is 129 Å². The van der Waals surface area contributed by atoms with Crippen LogP contribution >= 0.6 is 22.9 Å². The number of halogens is 1. The second kappa shape index (κ2) is 5.55. The van der Waals surface area contributed by atoms with Crippen LogP contribution in [0.1, 0.15) is 5.69 Å². The predicted molar refractivity (Wildman–Crippen MR) is 86.9 cm³/mol. The Morgan fingerprint density at radius 2 is 2.05 bits per heavy atom. The van der Waals surface area contributed by atoms with Crippen LogP contribution in [0, 0.1) is 0 Å². The Morgan fingerprint density at radius 3 is 2.76 bits per heavy atom. The van der Waals surface area contributed by atoms with Gasteiger partial charge in [-0.2, -0.15) is 5.10 Å². The first kappa shape index (κ1) is 13.6. The van der Waals surface area contributed by atoms with E-state index in [-0.39, 0.29) is 5.96 Å². The van der Waals surface area contributed by atoms with Crippen LogP contribution in [0.2, 0.25) is 5.02 Å². The molecule has 21 heavy (non-hydrogen) atoms. The molecule has 3 rings (SSSR count). The molecular weight excluding hydrogens is 308 g/mol. The van der Waals surface area contributed by atoms with E-state index in [1.807, 2.05) is 40.2 Å². The Kier molecular flexibility index (Phi) is 3.59. The maximum atomic E-state index is 5.92. The zero-order valence-electron chi connectivity index (χ0n) is 10.8. The van der Waals surface area contributed by atoms with Gasteiger partial charge in [0.25, 0.3) is 0 Å². The fourth-order valence-electron chi connectivity index (χ4n) is 1.90. The quantitative estimate of drug-likeness (QED) is 0.441. The van der Waals surface area contributed by atoms with E-state index in [1.54, 1.807) is 6.21 Å². The molecule has 0 bridgehead atoms. The second-order valence-corrected chi connectivity index (χ2v) is 5.49. The number of benzene rings is 1. The Balaban J connectivity index is 2.13. The minimum Gasteiger partial charge on any atom is -0.369 e. The minimum atomic E-state index is -0.0922.